The molecule has 9 aliphatic rings. The monoisotopic (exact) mass is 704 g/mol. The van der Waals surface area contributed by atoms with Crippen molar-refractivity contribution in [1.29, 1.82) is 0 Å². The number of carbonyl (C=O) groups excluding carboxylic acids is 6. The Morgan fingerprint density at radius 1 is 0.462 bits per heavy atom. The molecule has 0 spiro atoms. The Balaban J connectivity index is 0.953. The number of amides is 6. The maximum absolute atomic E-state index is 13.7. The van der Waals surface area contributed by atoms with E-state index in [1.807, 2.05) is 36.4 Å². The Hall–Kier alpha value is -4.94. The van der Waals surface area contributed by atoms with Crippen molar-refractivity contribution < 1.29 is 38.2 Å². The number of imide groups is 2. The van der Waals surface area contributed by atoms with Gasteiger partial charge in [0.25, 0.3) is 11.8 Å². The lowest BCUT2D eigenvalue weighted by atomic mass is 9.74. The van der Waals surface area contributed by atoms with Crippen LogP contribution in [0.5, 0.6) is 0 Å². The standard InChI is InChI=1S/C40H40N4O8/c45-35-25-5-1-23(2-6-25)24-3-7-26(8-4-24)36(46)42-20-28-10-12-30-34(32(28)22-42)40(50)44(38(30)48)14-16-52-18-17-51-15-13-43-37(47)29-11-9-27-19-41(35)21-31(27)33(29)39(43)49/h1-10,29-34H,11-22H2/t29-,30-,31+,32+,33-,34-/m1/s1. The fourth-order valence-electron chi connectivity index (χ4n) is 9.58. The second-order valence-electron chi connectivity index (χ2n) is 14.9. The van der Waals surface area contributed by atoms with Crippen molar-refractivity contribution in [2.75, 3.05) is 65.7 Å². The molecule has 2 aromatic carbocycles. The van der Waals surface area contributed by atoms with Gasteiger partial charge in [-0.05, 0) is 59.4 Å². The molecular weight excluding hydrogens is 664 g/mol. The second-order valence-corrected chi connectivity index (χ2v) is 14.9. The van der Waals surface area contributed by atoms with Crippen LogP contribution < -0.4 is 0 Å². The summed E-state index contributed by atoms with van der Waals surface area (Å²) in [5.74, 6) is -3.24. The molecule has 2 aliphatic carbocycles. The highest BCUT2D eigenvalue weighted by atomic mass is 16.5. The lowest BCUT2D eigenvalue weighted by molar-refractivity contribution is -0.143. The second kappa shape index (κ2) is 12.9. The van der Waals surface area contributed by atoms with Gasteiger partial charge in [-0.1, -0.05) is 36.4 Å². The number of benzene rings is 2. The van der Waals surface area contributed by atoms with Crippen LogP contribution in [0.4, 0.5) is 0 Å². The molecule has 0 saturated carbocycles. The number of fused-ring (bicyclic) bond motifs is 2. The van der Waals surface area contributed by atoms with Crippen LogP contribution in [0.25, 0.3) is 11.1 Å². The number of hydrogen-bond acceptors (Lipinski definition) is 8. The first-order valence-corrected chi connectivity index (χ1v) is 18.3. The molecule has 11 rings (SSSR count). The van der Waals surface area contributed by atoms with E-state index < -0.39 is 23.7 Å². The highest BCUT2D eigenvalue weighted by Gasteiger charge is 2.56. The van der Waals surface area contributed by atoms with Gasteiger partial charge >= 0.3 is 0 Å². The van der Waals surface area contributed by atoms with E-state index in [0.717, 1.165) is 22.3 Å². The van der Waals surface area contributed by atoms with Crippen LogP contribution in [0.2, 0.25) is 0 Å². The third-order valence-electron chi connectivity index (χ3n) is 12.3. The van der Waals surface area contributed by atoms with Gasteiger partial charge in [0.2, 0.25) is 23.6 Å². The van der Waals surface area contributed by atoms with Crippen LogP contribution >= 0.6 is 0 Å². The summed E-state index contributed by atoms with van der Waals surface area (Å²) in [5.41, 5.74) is 4.96. The first kappa shape index (κ1) is 32.9. The molecule has 12 bridgehead atoms. The predicted molar refractivity (Wildman–Crippen MR) is 185 cm³/mol. The number of rotatable bonds is 0. The van der Waals surface area contributed by atoms with Crippen molar-refractivity contribution >= 4 is 35.4 Å². The fourth-order valence-corrected chi connectivity index (χ4v) is 9.58. The Labute approximate surface area is 301 Å². The molecule has 6 atom stereocenters. The van der Waals surface area contributed by atoms with Gasteiger partial charge < -0.3 is 19.3 Å². The molecule has 7 aliphatic heterocycles. The largest absolute Gasteiger partial charge is 0.377 e. The van der Waals surface area contributed by atoms with E-state index in [-0.39, 0.29) is 86.8 Å². The van der Waals surface area contributed by atoms with Gasteiger partial charge in [-0.25, -0.2) is 0 Å². The number of nitrogens with zero attached hydrogens (tertiary/aromatic N) is 4. The summed E-state index contributed by atoms with van der Waals surface area (Å²) < 4.78 is 11.4. The van der Waals surface area contributed by atoms with Gasteiger partial charge in [-0.2, -0.15) is 0 Å². The van der Waals surface area contributed by atoms with Gasteiger partial charge in [0, 0.05) is 49.1 Å². The molecule has 2 aromatic rings. The molecule has 4 saturated heterocycles. The van der Waals surface area contributed by atoms with E-state index in [1.165, 1.54) is 9.80 Å². The van der Waals surface area contributed by atoms with Gasteiger partial charge in [0.05, 0.1) is 63.2 Å². The van der Waals surface area contributed by atoms with E-state index in [4.69, 9.17) is 9.47 Å². The molecule has 7 heterocycles. The predicted octanol–water partition coefficient (Wildman–Crippen LogP) is 2.41. The molecule has 0 N–H and O–H groups in total. The van der Waals surface area contributed by atoms with Crippen LogP contribution in [0.15, 0.2) is 71.8 Å². The van der Waals surface area contributed by atoms with E-state index in [9.17, 15) is 28.8 Å². The first-order valence-electron chi connectivity index (χ1n) is 18.3. The third-order valence-corrected chi connectivity index (χ3v) is 12.3. The maximum atomic E-state index is 13.7. The normalized spacial score (nSPS) is 30.7. The third kappa shape index (κ3) is 5.33. The smallest absolute Gasteiger partial charge is 0.254 e. The molecule has 0 unspecified atom stereocenters. The summed E-state index contributed by atoms with van der Waals surface area (Å²) in [5, 5.41) is 0. The van der Waals surface area contributed by atoms with E-state index in [0.29, 0.717) is 50.1 Å². The average molecular weight is 705 g/mol. The Morgan fingerprint density at radius 3 is 1.25 bits per heavy atom. The van der Waals surface area contributed by atoms with Gasteiger partial charge in [0.15, 0.2) is 0 Å². The molecule has 268 valence electrons. The summed E-state index contributed by atoms with van der Waals surface area (Å²) in [6.07, 6.45) is 5.03. The molecular formula is C40H40N4O8. The van der Waals surface area contributed by atoms with Crippen LogP contribution in [0.1, 0.15) is 33.6 Å². The molecule has 4 fully saturated rings. The molecule has 12 nitrogen and oxygen atoms in total. The van der Waals surface area contributed by atoms with Gasteiger partial charge in [0.1, 0.15) is 0 Å². The van der Waals surface area contributed by atoms with Crippen molar-refractivity contribution in [2.45, 2.75) is 12.8 Å². The van der Waals surface area contributed by atoms with Crippen LogP contribution in [0, 0.1) is 35.5 Å². The fraction of sp³-hybridized carbons (Fsp3) is 0.450. The summed E-state index contributed by atoms with van der Waals surface area (Å²) in [7, 11) is 0. The summed E-state index contributed by atoms with van der Waals surface area (Å²) in [6.45, 7) is 2.71. The molecule has 0 radical (unpaired) electrons. The number of hydrogen-bond donors (Lipinski definition) is 0. The molecule has 52 heavy (non-hydrogen) atoms. The Bertz CT molecular complexity index is 1800. The summed E-state index contributed by atoms with van der Waals surface area (Å²) >= 11 is 0. The van der Waals surface area contributed by atoms with E-state index in [2.05, 4.69) is 0 Å². The number of carbonyl (C=O) groups is 6. The van der Waals surface area contributed by atoms with Crippen LogP contribution in [-0.4, -0.2) is 121 Å². The van der Waals surface area contributed by atoms with E-state index in [1.54, 1.807) is 34.1 Å². The lowest BCUT2D eigenvalue weighted by Crippen LogP contribution is -2.36. The van der Waals surface area contributed by atoms with Gasteiger partial charge in [-0.15, -0.1) is 0 Å². The molecule has 6 amide bonds. The summed E-state index contributed by atoms with van der Waals surface area (Å²) in [6, 6.07) is 14.8. The first-order chi connectivity index (χ1) is 25.3. The zero-order valence-electron chi connectivity index (χ0n) is 28.8. The van der Waals surface area contributed by atoms with Crippen molar-refractivity contribution in [3.8, 4) is 11.1 Å². The zero-order chi connectivity index (χ0) is 35.7. The average Bonchev–Trinajstić information content (AvgIpc) is 3.91. The Kier molecular flexibility index (Phi) is 8.19. The lowest BCUT2D eigenvalue weighted by Gasteiger charge is -2.26. The van der Waals surface area contributed by atoms with E-state index >= 15 is 0 Å². The number of allylic oxidation sites excluding steroid dienone is 2. The van der Waals surface area contributed by atoms with Crippen LogP contribution in [0.3, 0.4) is 0 Å². The minimum absolute atomic E-state index is 0.118. The quantitative estimate of drug-likeness (QED) is 0.302. The van der Waals surface area contributed by atoms with Crippen LogP contribution in [-0.2, 0) is 28.7 Å². The zero-order valence-corrected chi connectivity index (χ0v) is 28.8. The van der Waals surface area contributed by atoms with Crippen molar-refractivity contribution in [3.05, 3.63) is 83.0 Å². The van der Waals surface area contributed by atoms with Crippen molar-refractivity contribution in [2.24, 2.45) is 35.5 Å². The SMILES string of the molecule is O=C1c2ccc(cc2)-c2ccc(cc2)C(=O)N2CC3=CC[C@H]4C(=O)N(CCOCCOCCN5C(=O)[C@@H]6[C@@H](CC=C7CN1C[C@@H]76)C5=O)C(=O)[C@H]4[C@H]3C2. The maximum Gasteiger partial charge on any atom is 0.254 e. The highest BCUT2D eigenvalue weighted by Crippen LogP contribution is 2.46. The summed E-state index contributed by atoms with van der Waals surface area (Å²) in [4.78, 5) is 87.3. The Morgan fingerprint density at radius 2 is 0.846 bits per heavy atom. The van der Waals surface area contributed by atoms with Crippen molar-refractivity contribution in [3.63, 3.8) is 0 Å². The molecule has 12 heteroatoms. The van der Waals surface area contributed by atoms with Gasteiger partial charge in [-0.3, -0.25) is 38.6 Å². The minimum atomic E-state index is -0.486. The molecule has 0 aromatic heterocycles. The topological polar surface area (TPSA) is 134 Å². The highest BCUT2D eigenvalue weighted by molar-refractivity contribution is 6.07. The minimum Gasteiger partial charge on any atom is -0.377 e. The van der Waals surface area contributed by atoms with Crippen molar-refractivity contribution in [1.82, 2.24) is 19.6 Å². The number of ether oxygens (including phenoxy) is 2.